The minimum Gasteiger partial charge on any atom is -0.394 e. The van der Waals surface area contributed by atoms with Crippen molar-refractivity contribution in [2.45, 2.75) is 160 Å². The summed E-state index contributed by atoms with van der Waals surface area (Å²) in [4.78, 5) is 124. The largest absolute Gasteiger partial charge is 0.394 e. The number of unbranched alkanes of at least 4 members (excludes halogenated alkanes) is 1. The van der Waals surface area contributed by atoms with Gasteiger partial charge in [-0.2, -0.15) is 11.8 Å². The van der Waals surface area contributed by atoms with Crippen LogP contribution in [0.2, 0.25) is 0 Å². The van der Waals surface area contributed by atoms with E-state index in [1.807, 2.05) is 32.5 Å². The summed E-state index contributed by atoms with van der Waals surface area (Å²) in [5, 5.41) is 45.5. The molecule has 83 heavy (non-hydrogen) atoms. The number of aromatic nitrogens is 5. The van der Waals surface area contributed by atoms with Gasteiger partial charge in [-0.15, -0.1) is 5.10 Å². The Morgan fingerprint density at radius 2 is 1.41 bits per heavy atom. The van der Waals surface area contributed by atoms with Gasteiger partial charge in [-0.3, -0.25) is 43.0 Å². The van der Waals surface area contributed by atoms with Gasteiger partial charge in [-0.25, -0.2) is 9.78 Å². The van der Waals surface area contributed by atoms with Crippen LogP contribution in [0, 0.1) is 11.8 Å². The number of aryl methyl sites for hydroxylation is 1. The van der Waals surface area contributed by atoms with E-state index >= 15 is 0 Å². The van der Waals surface area contributed by atoms with E-state index in [0.717, 1.165) is 24.3 Å². The Hall–Kier alpha value is -6.47. The first kappa shape index (κ1) is 69.0. The highest BCUT2D eigenvalue weighted by atomic mass is 32.2. The maximum Gasteiger partial charge on any atom is 0.315 e. The smallest absolute Gasteiger partial charge is 0.315 e. The van der Waals surface area contributed by atoms with Crippen molar-refractivity contribution in [3.63, 3.8) is 0 Å². The van der Waals surface area contributed by atoms with Crippen LogP contribution in [0.3, 0.4) is 0 Å². The highest BCUT2D eigenvalue weighted by Gasteiger charge is 2.36. The monoisotopic (exact) mass is 1190 g/mol. The van der Waals surface area contributed by atoms with Gasteiger partial charge in [0, 0.05) is 81.7 Å². The SMILES string of the molecule is CCCCC(=O)NCCCOCCOCCOCCCNC(=O)[C@@H]1CCCCn2cc(nn2)CC(N)C(=O)NC(C(C)C)C(=O)NC(Cc2cnc[nH]2)C(=O)NC(CC(C)C)C(=O)NC(CO)C(=O)NCC(=O)N1.O=C1NC2CSCC2N1. The fourth-order valence-corrected chi connectivity index (χ4v) is 9.98. The second-order valence-corrected chi connectivity index (χ2v) is 22.4. The van der Waals surface area contributed by atoms with E-state index in [2.05, 4.69) is 73.4 Å². The van der Waals surface area contributed by atoms with E-state index in [4.69, 9.17) is 19.9 Å². The molecule has 14 N–H and O–H groups in total. The molecule has 2 saturated heterocycles. The van der Waals surface area contributed by atoms with Crippen LogP contribution in [-0.4, -0.2) is 209 Å². The highest BCUT2D eigenvalue weighted by molar-refractivity contribution is 7.99. The van der Waals surface area contributed by atoms with Crippen LogP contribution in [0.1, 0.15) is 104 Å². The number of fused-ring (bicyclic) bond motifs is 3. The number of ether oxygens (including phenoxy) is 3. The van der Waals surface area contributed by atoms with E-state index in [1.54, 1.807) is 24.7 Å². The molecule has 8 atom stereocenters. The average Bonchev–Trinajstić information content (AvgIpc) is 4.32. The van der Waals surface area contributed by atoms with Crippen LogP contribution in [0.15, 0.2) is 18.7 Å². The number of imidazole rings is 1. The van der Waals surface area contributed by atoms with E-state index in [0.29, 0.717) is 108 Å². The van der Waals surface area contributed by atoms with Gasteiger partial charge in [0.15, 0.2) is 0 Å². The molecule has 3 aliphatic rings. The van der Waals surface area contributed by atoms with Gasteiger partial charge < -0.3 is 83.2 Å². The maximum absolute atomic E-state index is 14.0. The molecular formula is C53H90N16O13S. The molecule has 2 fully saturated rings. The van der Waals surface area contributed by atoms with Crippen molar-refractivity contribution in [2.24, 2.45) is 17.6 Å². The molecule has 30 heteroatoms. The number of aliphatic hydroxyl groups is 1. The van der Waals surface area contributed by atoms with Crippen molar-refractivity contribution in [1.29, 1.82) is 0 Å². The normalized spacial score (nSPS) is 23.4. The van der Waals surface area contributed by atoms with Crippen LogP contribution in [0.5, 0.6) is 0 Å². The number of thioether (sulfide) groups is 1. The van der Waals surface area contributed by atoms with E-state index in [1.165, 1.54) is 12.5 Å². The van der Waals surface area contributed by atoms with Gasteiger partial charge in [-0.05, 0) is 56.8 Å². The lowest BCUT2D eigenvalue weighted by Gasteiger charge is -2.28. The van der Waals surface area contributed by atoms with E-state index in [9.17, 15) is 48.3 Å². The molecular weight excluding hydrogens is 1100 g/mol. The maximum atomic E-state index is 14.0. The number of aromatic amines is 1. The Labute approximate surface area is 489 Å². The summed E-state index contributed by atoms with van der Waals surface area (Å²) in [7, 11) is 0. The third-order valence-electron chi connectivity index (χ3n) is 13.3. The van der Waals surface area contributed by atoms with Gasteiger partial charge in [-0.1, -0.05) is 46.3 Å². The number of rotatable bonds is 24. The molecule has 466 valence electrons. The second kappa shape index (κ2) is 38.4. The first-order valence-corrected chi connectivity index (χ1v) is 30.0. The van der Waals surface area contributed by atoms with Crippen molar-refractivity contribution in [2.75, 3.05) is 77.4 Å². The Balaban J connectivity index is 0.00000148. The molecule has 2 aromatic heterocycles. The van der Waals surface area contributed by atoms with Gasteiger partial charge >= 0.3 is 6.03 Å². The Kier molecular flexibility index (Phi) is 31.9. The van der Waals surface area contributed by atoms with Crippen LogP contribution >= 0.6 is 11.8 Å². The summed E-state index contributed by atoms with van der Waals surface area (Å²) >= 11 is 1.89. The third kappa shape index (κ3) is 26.8. The molecule has 0 aromatic carbocycles. The predicted molar refractivity (Wildman–Crippen MR) is 306 cm³/mol. The first-order chi connectivity index (χ1) is 39.9. The van der Waals surface area contributed by atoms with E-state index in [-0.39, 0.29) is 50.1 Å². The number of nitrogens with one attached hydrogen (secondary N) is 11. The number of nitrogens with zero attached hydrogens (tertiary/aromatic N) is 4. The summed E-state index contributed by atoms with van der Waals surface area (Å²) in [6, 6.07) is -6.51. The van der Waals surface area contributed by atoms with Crippen LogP contribution in [-0.2, 0) is 72.0 Å². The minimum absolute atomic E-state index is 0.00491. The lowest BCUT2D eigenvalue weighted by Crippen LogP contribution is -2.60. The molecule has 5 rings (SSSR count). The Bertz CT molecular complexity index is 2310. The minimum atomic E-state index is -1.54. The molecule has 7 unspecified atom stereocenters. The molecule has 3 aliphatic heterocycles. The van der Waals surface area contributed by atoms with Crippen LogP contribution < -0.4 is 58.9 Å². The zero-order valence-corrected chi connectivity index (χ0v) is 49.4. The average molecular weight is 1190 g/mol. The van der Waals surface area contributed by atoms with Gasteiger partial charge in [0.25, 0.3) is 0 Å². The topological polar surface area (TPSA) is 407 Å². The summed E-state index contributed by atoms with van der Waals surface area (Å²) in [6.07, 6.45) is 9.23. The van der Waals surface area contributed by atoms with Gasteiger partial charge in [0.1, 0.15) is 30.2 Å². The quantitative estimate of drug-likeness (QED) is 0.0384. The van der Waals surface area contributed by atoms with Crippen LogP contribution in [0.25, 0.3) is 0 Å². The number of H-pyrrole nitrogens is 1. The molecule has 0 spiro atoms. The summed E-state index contributed by atoms with van der Waals surface area (Å²) in [5.74, 6) is -3.41. The fourth-order valence-electron chi connectivity index (χ4n) is 8.71. The Morgan fingerprint density at radius 1 is 0.771 bits per heavy atom. The fraction of sp³-hybridized carbons (Fsp3) is 0.736. The van der Waals surface area contributed by atoms with Crippen molar-refractivity contribution in [3.8, 4) is 0 Å². The van der Waals surface area contributed by atoms with Gasteiger partial charge in [0.05, 0.1) is 69.7 Å². The predicted octanol–water partition coefficient (Wildman–Crippen LogP) is -2.43. The lowest BCUT2D eigenvalue weighted by molar-refractivity contribution is -0.135. The zero-order chi connectivity index (χ0) is 60.5. The summed E-state index contributed by atoms with van der Waals surface area (Å²) in [5.41, 5.74) is 7.20. The van der Waals surface area contributed by atoms with Crippen molar-refractivity contribution in [3.05, 3.63) is 30.1 Å². The third-order valence-corrected chi connectivity index (χ3v) is 14.5. The molecule has 0 radical (unpaired) electrons. The van der Waals surface area contributed by atoms with Crippen molar-refractivity contribution >= 4 is 65.1 Å². The number of hydrogen-bond acceptors (Lipinski definition) is 18. The lowest BCUT2D eigenvalue weighted by atomic mass is 10.00. The molecule has 0 saturated carbocycles. The van der Waals surface area contributed by atoms with Gasteiger partial charge in [0.2, 0.25) is 47.3 Å². The standard InChI is InChI=1S/C48H82N14O12.C5H8N2OS/c1-6-7-13-40(64)51-14-10-17-72-19-21-74-22-20-73-18-11-15-52-44(67)36-12-8-9-16-62-28-34(60-61-62)24-35(49)43(66)59-42(32(4)5)48(71)57-38(25-33-26-50-30-54-33)47(70)56-37(23-31(2)3)46(69)58-39(29-63)45(68)53-27-41(65)55-36;8-5-6-3-1-9-2-4(3)7-5/h26,28,30-32,35-39,42,63H,6-25,27,29,49H2,1-5H3,(H,50,54)(H,51,64)(H,52,67)(H,53,68)(H,55,65)(H,56,70)(H,57,71)(H,58,69)(H,59,66);3-4H,1-2H2,(H2,6,7,8)/t35?,36-,37?,38?,39?,42?;/m0./s1. The number of carbonyl (C=O) groups is 9. The Morgan fingerprint density at radius 3 is 2.04 bits per heavy atom. The number of amides is 10. The summed E-state index contributed by atoms with van der Waals surface area (Å²) < 4.78 is 18.3. The summed E-state index contributed by atoms with van der Waals surface area (Å²) in [6.45, 7) is 11.1. The van der Waals surface area contributed by atoms with Crippen molar-refractivity contribution < 1.29 is 62.5 Å². The molecule has 2 aromatic rings. The number of urea groups is 1. The molecule has 10 amide bonds. The number of nitrogens with two attached hydrogens (primary N) is 1. The van der Waals surface area contributed by atoms with E-state index < -0.39 is 96.7 Å². The second-order valence-electron chi connectivity index (χ2n) is 21.3. The number of carbonyl (C=O) groups excluding carboxylic acids is 9. The molecule has 0 aliphatic carbocycles. The molecule has 5 heterocycles. The number of hydrogen-bond donors (Lipinski definition) is 13. The number of aliphatic hydroxyl groups excluding tert-OH is 1. The molecule has 29 nitrogen and oxygen atoms in total. The highest BCUT2D eigenvalue weighted by Crippen LogP contribution is 2.21. The molecule has 2 bridgehead atoms. The van der Waals surface area contributed by atoms with Crippen LogP contribution in [0.4, 0.5) is 4.79 Å². The first-order valence-electron chi connectivity index (χ1n) is 28.8. The van der Waals surface area contributed by atoms with Crippen molar-refractivity contribution in [1.82, 2.24) is 78.1 Å². The zero-order valence-electron chi connectivity index (χ0n) is 48.6.